The molecule has 0 radical (unpaired) electrons. The molecule has 1 fully saturated rings. The van der Waals surface area contributed by atoms with Gasteiger partial charge in [0, 0.05) is 24.5 Å². The number of halogens is 2. The molecule has 2 atom stereocenters. The van der Waals surface area contributed by atoms with Crippen LogP contribution in [0.1, 0.15) is 61.3 Å². The van der Waals surface area contributed by atoms with Crippen LogP contribution in [0.25, 0.3) is 0 Å². The number of hydrogen-bond donors (Lipinski definition) is 1. The molecule has 1 N–H and O–H groups in total. The summed E-state index contributed by atoms with van der Waals surface area (Å²) in [4.78, 5) is 13.6. The Labute approximate surface area is 153 Å². The van der Waals surface area contributed by atoms with Gasteiger partial charge in [-0.05, 0) is 61.3 Å². The molecule has 1 saturated heterocycles. The lowest BCUT2D eigenvalue weighted by atomic mass is 9.73. The van der Waals surface area contributed by atoms with Crippen LogP contribution in [0.4, 0.5) is 13.6 Å². The largest absolute Gasteiger partial charge is 0.598 e. The van der Waals surface area contributed by atoms with Crippen LogP contribution in [0.5, 0.6) is 0 Å². The predicted octanol–water partition coefficient (Wildman–Crippen LogP) is 3.71. The molecular weight excluding hydrogens is 350 g/mol. The highest BCUT2D eigenvalue weighted by molar-refractivity contribution is 7.90. The summed E-state index contributed by atoms with van der Waals surface area (Å²) in [5.41, 5.74) is -1.92. The number of nitrogens with one attached hydrogen (secondary N) is 1. The molecule has 0 aromatic carbocycles. The maximum atomic E-state index is 13.9. The standard InChI is InChI=1S/C17H32F2N2O3S/c1-12(20-25(23)16(5,6)7)17(13(18)19)8-10-21(11-9-17)14(22)24-15(2,3)4/h12-13,20H,8-11H2,1-7H3. The number of piperidine rings is 1. The van der Waals surface area contributed by atoms with Gasteiger partial charge in [-0.1, -0.05) is 0 Å². The van der Waals surface area contributed by atoms with Gasteiger partial charge in [0.05, 0.1) is 11.5 Å². The van der Waals surface area contributed by atoms with E-state index < -0.39 is 45.7 Å². The molecule has 0 aromatic rings. The topological polar surface area (TPSA) is 64.6 Å². The Morgan fingerprint density at radius 3 is 2.04 bits per heavy atom. The van der Waals surface area contributed by atoms with E-state index in [1.165, 1.54) is 4.90 Å². The Morgan fingerprint density at radius 2 is 1.68 bits per heavy atom. The monoisotopic (exact) mass is 382 g/mol. The van der Waals surface area contributed by atoms with Gasteiger partial charge in [-0.15, -0.1) is 4.72 Å². The molecule has 148 valence electrons. The van der Waals surface area contributed by atoms with Gasteiger partial charge >= 0.3 is 6.09 Å². The number of carbonyl (C=O) groups excluding carboxylic acids is 1. The van der Waals surface area contributed by atoms with E-state index >= 15 is 0 Å². The van der Waals surface area contributed by atoms with Crippen molar-refractivity contribution in [3.05, 3.63) is 0 Å². The van der Waals surface area contributed by atoms with Gasteiger partial charge < -0.3 is 14.2 Å². The van der Waals surface area contributed by atoms with Gasteiger partial charge in [0.1, 0.15) is 10.3 Å². The Hall–Kier alpha value is -0.600. The maximum Gasteiger partial charge on any atom is 0.410 e. The lowest BCUT2D eigenvalue weighted by Crippen LogP contribution is -2.57. The second-order valence-electron chi connectivity index (χ2n) is 8.72. The highest BCUT2D eigenvalue weighted by Gasteiger charge is 2.50. The van der Waals surface area contributed by atoms with Crippen molar-refractivity contribution in [1.82, 2.24) is 9.62 Å². The lowest BCUT2D eigenvalue weighted by molar-refractivity contribution is -0.0663. The summed E-state index contributed by atoms with van der Waals surface area (Å²) < 4.78 is 47.7. The summed E-state index contributed by atoms with van der Waals surface area (Å²) in [6, 6.07) is -0.631. The molecule has 5 nitrogen and oxygen atoms in total. The molecule has 2 unspecified atom stereocenters. The van der Waals surface area contributed by atoms with E-state index in [0.717, 1.165) is 0 Å². The zero-order valence-corrected chi connectivity index (χ0v) is 17.1. The number of nitrogens with zero attached hydrogens (tertiary/aromatic N) is 1. The zero-order valence-electron chi connectivity index (χ0n) is 16.3. The third-order valence-electron chi connectivity index (χ3n) is 4.48. The first-order valence-electron chi connectivity index (χ1n) is 8.63. The Morgan fingerprint density at radius 1 is 1.20 bits per heavy atom. The average molecular weight is 383 g/mol. The van der Waals surface area contributed by atoms with Crippen LogP contribution in [-0.2, 0) is 16.1 Å². The first-order valence-corrected chi connectivity index (χ1v) is 9.78. The zero-order chi connectivity index (χ0) is 19.6. The number of carbonyl (C=O) groups is 1. The van der Waals surface area contributed by atoms with Crippen molar-refractivity contribution in [2.45, 2.75) is 84.1 Å². The van der Waals surface area contributed by atoms with E-state index in [2.05, 4.69) is 4.72 Å². The van der Waals surface area contributed by atoms with Crippen molar-refractivity contribution in [2.75, 3.05) is 13.1 Å². The van der Waals surface area contributed by atoms with E-state index in [1.807, 2.05) is 0 Å². The van der Waals surface area contributed by atoms with Crippen molar-refractivity contribution in [1.29, 1.82) is 0 Å². The smallest absolute Gasteiger partial charge is 0.410 e. The molecule has 0 aromatic heterocycles. The number of amides is 1. The third-order valence-corrected chi connectivity index (χ3v) is 6.16. The highest BCUT2D eigenvalue weighted by Crippen LogP contribution is 2.41. The second kappa shape index (κ2) is 7.96. The summed E-state index contributed by atoms with van der Waals surface area (Å²) in [7, 11) is 0. The maximum absolute atomic E-state index is 13.9. The Kier molecular flexibility index (Phi) is 7.15. The normalized spacial score (nSPS) is 21.2. The first kappa shape index (κ1) is 22.4. The van der Waals surface area contributed by atoms with Gasteiger partial charge in [0.2, 0.25) is 6.43 Å². The molecule has 1 heterocycles. The fourth-order valence-corrected chi connectivity index (χ4v) is 3.64. The Bertz CT molecular complexity index is 456. The minimum absolute atomic E-state index is 0.138. The van der Waals surface area contributed by atoms with Crippen molar-refractivity contribution in [2.24, 2.45) is 5.41 Å². The fraction of sp³-hybridized carbons (Fsp3) is 0.941. The number of hydrogen-bond acceptors (Lipinski definition) is 4. The van der Waals surface area contributed by atoms with Crippen LogP contribution >= 0.6 is 0 Å². The molecule has 1 amide bonds. The summed E-state index contributed by atoms with van der Waals surface area (Å²) in [6.07, 6.45) is -2.76. The minimum atomic E-state index is -2.56. The average Bonchev–Trinajstić information content (AvgIpc) is 2.44. The molecule has 0 bridgehead atoms. The van der Waals surface area contributed by atoms with Crippen LogP contribution in [0, 0.1) is 5.41 Å². The molecule has 8 heteroatoms. The van der Waals surface area contributed by atoms with Crippen LogP contribution in [0.15, 0.2) is 0 Å². The first-order chi connectivity index (χ1) is 11.2. The molecule has 25 heavy (non-hydrogen) atoms. The Balaban J connectivity index is 2.78. The van der Waals surface area contributed by atoms with Crippen molar-refractivity contribution < 1.29 is 22.9 Å². The summed E-state index contributed by atoms with van der Waals surface area (Å²) in [5, 5.41) is 0. The summed E-state index contributed by atoms with van der Waals surface area (Å²) in [5.74, 6) is 0. The van der Waals surface area contributed by atoms with E-state index in [0.29, 0.717) is 0 Å². The van der Waals surface area contributed by atoms with E-state index in [4.69, 9.17) is 4.74 Å². The predicted molar refractivity (Wildman–Crippen MR) is 96.0 cm³/mol. The second-order valence-corrected chi connectivity index (χ2v) is 10.7. The van der Waals surface area contributed by atoms with Crippen molar-refractivity contribution >= 4 is 17.5 Å². The number of likely N-dealkylation sites (tertiary alicyclic amines) is 1. The fourth-order valence-electron chi connectivity index (χ4n) is 2.73. The van der Waals surface area contributed by atoms with Crippen LogP contribution in [0.3, 0.4) is 0 Å². The molecule has 0 aliphatic carbocycles. The van der Waals surface area contributed by atoms with Gasteiger partial charge in [-0.2, -0.15) is 0 Å². The molecule has 1 rings (SSSR count). The van der Waals surface area contributed by atoms with Gasteiger partial charge in [-0.25, -0.2) is 13.6 Å². The van der Waals surface area contributed by atoms with Gasteiger partial charge in [-0.3, -0.25) is 0 Å². The highest BCUT2D eigenvalue weighted by atomic mass is 32.2. The third kappa shape index (κ3) is 5.96. The lowest BCUT2D eigenvalue weighted by Gasteiger charge is -2.45. The quantitative estimate of drug-likeness (QED) is 0.753. The molecule has 0 saturated carbocycles. The van der Waals surface area contributed by atoms with Crippen molar-refractivity contribution in [3.63, 3.8) is 0 Å². The number of alkyl halides is 2. The van der Waals surface area contributed by atoms with Crippen LogP contribution < -0.4 is 4.72 Å². The van der Waals surface area contributed by atoms with Crippen LogP contribution in [0.2, 0.25) is 0 Å². The molecule has 1 aliphatic rings. The molecule has 1 aliphatic heterocycles. The van der Waals surface area contributed by atoms with E-state index in [-0.39, 0.29) is 25.9 Å². The van der Waals surface area contributed by atoms with Crippen LogP contribution in [-0.4, -0.2) is 51.5 Å². The van der Waals surface area contributed by atoms with Crippen molar-refractivity contribution in [3.8, 4) is 0 Å². The summed E-state index contributed by atoms with van der Waals surface area (Å²) in [6.45, 7) is 12.7. The summed E-state index contributed by atoms with van der Waals surface area (Å²) >= 11 is -1.43. The number of ether oxygens (including phenoxy) is 1. The van der Waals surface area contributed by atoms with E-state index in [1.54, 1.807) is 48.5 Å². The molecular formula is C17H32F2N2O3S. The van der Waals surface area contributed by atoms with Gasteiger partial charge in [0.15, 0.2) is 0 Å². The minimum Gasteiger partial charge on any atom is -0.598 e. The molecule has 0 spiro atoms. The van der Waals surface area contributed by atoms with E-state index in [9.17, 15) is 18.1 Å². The SMILES string of the molecule is CC(N[S+]([O-])C(C)(C)C)C1(C(F)F)CCN(C(=O)OC(C)(C)C)CC1. The number of rotatable bonds is 4. The van der Waals surface area contributed by atoms with Gasteiger partial charge in [0.25, 0.3) is 0 Å².